The summed E-state index contributed by atoms with van der Waals surface area (Å²) in [5.41, 5.74) is -0.564. The quantitative estimate of drug-likeness (QED) is 0.245. The van der Waals surface area contributed by atoms with E-state index in [1.165, 1.54) is 26.0 Å². The number of carboxylic acid groups (broad SMARTS) is 1. The fourth-order valence-corrected chi connectivity index (χ4v) is 3.65. The molecule has 0 spiro atoms. The second kappa shape index (κ2) is 15.3. The highest BCUT2D eigenvalue weighted by Gasteiger charge is 2.28. The summed E-state index contributed by atoms with van der Waals surface area (Å²) in [5.74, 6) is -2.10. The van der Waals surface area contributed by atoms with E-state index in [2.05, 4.69) is 17.4 Å². The van der Waals surface area contributed by atoms with Gasteiger partial charge in [-0.15, -0.1) is 0 Å². The Morgan fingerprint density at radius 2 is 1.86 bits per heavy atom. The van der Waals surface area contributed by atoms with Gasteiger partial charge in [-0.3, -0.25) is 0 Å². The molecule has 37 heavy (non-hydrogen) atoms. The standard InChI is InChI=1S/C27H39F2N3O5/c1-4-5-6-7-9-15-32(26(35)30-24-14-11-12-20(28)17-23(24)29)16-10-8-13-21-18-22(37-31-21)19-36-27(2,3)25(33)34/h11-12,17-18H,4-10,13-16,19H2,1-3H3,(H,30,35)(H,33,34). The number of carboxylic acids is 1. The van der Waals surface area contributed by atoms with Gasteiger partial charge in [0.15, 0.2) is 11.4 Å². The lowest BCUT2D eigenvalue weighted by molar-refractivity contribution is -0.163. The van der Waals surface area contributed by atoms with E-state index < -0.39 is 29.3 Å². The maximum Gasteiger partial charge on any atom is 0.335 e. The van der Waals surface area contributed by atoms with Gasteiger partial charge in [-0.05, 0) is 45.6 Å². The number of carbonyl (C=O) groups is 2. The molecule has 0 radical (unpaired) electrons. The van der Waals surface area contributed by atoms with Crippen LogP contribution in [0.5, 0.6) is 0 Å². The molecule has 0 fully saturated rings. The number of unbranched alkanes of at least 4 members (excludes halogenated alkanes) is 5. The molecule has 0 unspecified atom stereocenters. The zero-order valence-electron chi connectivity index (χ0n) is 22.0. The van der Waals surface area contributed by atoms with E-state index in [9.17, 15) is 18.4 Å². The number of halogens is 2. The van der Waals surface area contributed by atoms with Crippen LogP contribution in [0.25, 0.3) is 0 Å². The predicted molar refractivity (Wildman–Crippen MR) is 136 cm³/mol. The monoisotopic (exact) mass is 523 g/mol. The molecule has 1 aliphatic carbocycles. The van der Waals surface area contributed by atoms with Gasteiger partial charge in [0.1, 0.15) is 18.3 Å². The average Bonchev–Trinajstić information content (AvgIpc) is 3.24. The second-order valence-corrected chi connectivity index (χ2v) is 9.64. The summed E-state index contributed by atoms with van der Waals surface area (Å²) in [6.45, 7) is 6.10. The van der Waals surface area contributed by atoms with Gasteiger partial charge in [0.2, 0.25) is 0 Å². The molecule has 206 valence electrons. The zero-order valence-corrected chi connectivity index (χ0v) is 22.0. The van der Waals surface area contributed by atoms with Crippen LogP contribution in [0.4, 0.5) is 13.6 Å². The van der Waals surface area contributed by atoms with Crippen molar-refractivity contribution >= 4 is 12.0 Å². The van der Waals surface area contributed by atoms with Crippen LogP contribution >= 0.6 is 0 Å². The molecule has 0 atom stereocenters. The van der Waals surface area contributed by atoms with Crippen LogP contribution in [0.2, 0.25) is 0 Å². The van der Waals surface area contributed by atoms with Crippen molar-refractivity contribution in [2.75, 3.05) is 13.1 Å². The number of allylic oxidation sites excluding steroid dienone is 5. The molecule has 2 rings (SSSR count). The summed E-state index contributed by atoms with van der Waals surface area (Å²) in [6, 6.07) is 1.34. The number of carbonyl (C=O) groups excluding carboxylic acids is 1. The first-order valence-corrected chi connectivity index (χ1v) is 12.9. The normalized spacial score (nSPS) is 13.9. The summed E-state index contributed by atoms with van der Waals surface area (Å²) in [4.78, 5) is 25.8. The van der Waals surface area contributed by atoms with E-state index in [0.717, 1.165) is 44.6 Å². The number of hydrogen-bond donors (Lipinski definition) is 2. The van der Waals surface area contributed by atoms with Crippen molar-refractivity contribution in [2.24, 2.45) is 0 Å². The van der Waals surface area contributed by atoms with Crippen molar-refractivity contribution in [1.29, 1.82) is 0 Å². The number of nitrogens with zero attached hydrogens (tertiary/aromatic N) is 2. The fraction of sp³-hybridized carbons (Fsp3) is 0.593. The number of aromatic nitrogens is 1. The Morgan fingerprint density at radius 3 is 2.57 bits per heavy atom. The third-order valence-electron chi connectivity index (χ3n) is 6.04. The molecule has 0 saturated carbocycles. The number of hydrogen-bond acceptors (Lipinski definition) is 5. The van der Waals surface area contributed by atoms with Gasteiger partial charge in [-0.25, -0.2) is 18.4 Å². The Labute approximate surface area is 217 Å². The highest BCUT2D eigenvalue weighted by atomic mass is 19.1. The van der Waals surface area contributed by atoms with Crippen LogP contribution in [0.15, 0.2) is 46.2 Å². The van der Waals surface area contributed by atoms with Gasteiger partial charge in [0, 0.05) is 31.7 Å². The summed E-state index contributed by atoms with van der Waals surface area (Å²) in [7, 11) is 0. The molecule has 0 aliphatic heterocycles. The lowest BCUT2D eigenvalue weighted by Gasteiger charge is -2.24. The smallest absolute Gasteiger partial charge is 0.335 e. The molecular formula is C27H39F2N3O5. The maximum atomic E-state index is 14.3. The van der Waals surface area contributed by atoms with E-state index in [-0.39, 0.29) is 18.7 Å². The molecule has 0 bridgehead atoms. The van der Waals surface area contributed by atoms with Gasteiger partial charge < -0.3 is 24.6 Å². The van der Waals surface area contributed by atoms with Crippen molar-refractivity contribution in [2.45, 2.75) is 90.8 Å². The average molecular weight is 524 g/mol. The molecule has 0 saturated heterocycles. The van der Waals surface area contributed by atoms with E-state index in [1.807, 2.05) is 0 Å². The lowest BCUT2D eigenvalue weighted by atomic mass is 10.1. The molecule has 2 N–H and O–H groups in total. The van der Waals surface area contributed by atoms with E-state index in [0.29, 0.717) is 37.4 Å². The minimum Gasteiger partial charge on any atom is -0.479 e. The van der Waals surface area contributed by atoms with Crippen LogP contribution < -0.4 is 5.32 Å². The van der Waals surface area contributed by atoms with Gasteiger partial charge in [-0.2, -0.15) is 0 Å². The van der Waals surface area contributed by atoms with Crippen molar-refractivity contribution in [3.63, 3.8) is 0 Å². The van der Waals surface area contributed by atoms with Gasteiger partial charge in [-0.1, -0.05) is 43.8 Å². The number of rotatable bonds is 16. The van der Waals surface area contributed by atoms with Crippen molar-refractivity contribution in [3.8, 4) is 0 Å². The number of aryl methyl sites for hydroxylation is 1. The highest BCUT2D eigenvalue weighted by Crippen LogP contribution is 2.19. The second-order valence-electron chi connectivity index (χ2n) is 9.64. The molecule has 10 heteroatoms. The fourth-order valence-electron chi connectivity index (χ4n) is 3.65. The number of amides is 2. The topological polar surface area (TPSA) is 105 Å². The van der Waals surface area contributed by atoms with Crippen LogP contribution in [0, 0.1) is 0 Å². The summed E-state index contributed by atoms with van der Waals surface area (Å²) in [6.07, 6.45) is 10.8. The zero-order chi connectivity index (χ0) is 27.3. The molecule has 1 heterocycles. The van der Waals surface area contributed by atoms with E-state index >= 15 is 0 Å². The Hall–Kier alpha value is -3.01. The third-order valence-corrected chi connectivity index (χ3v) is 6.04. The number of ether oxygens (including phenoxy) is 1. The first kappa shape index (κ1) is 30.2. The van der Waals surface area contributed by atoms with Crippen LogP contribution in [0.1, 0.15) is 83.6 Å². The molecule has 0 aromatic carbocycles. The van der Waals surface area contributed by atoms with Crippen LogP contribution in [-0.2, 0) is 22.6 Å². The molecule has 2 amide bonds. The Morgan fingerprint density at radius 1 is 1.16 bits per heavy atom. The largest absolute Gasteiger partial charge is 0.479 e. The summed E-state index contributed by atoms with van der Waals surface area (Å²) in [5, 5.41) is 15.8. The van der Waals surface area contributed by atoms with Crippen molar-refractivity contribution in [3.05, 3.63) is 53.1 Å². The summed E-state index contributed by atoms with van der Waals surface area (Å²) < 4.78 is 38.3. The van der Waals surface area contributed by atoms with Crippen LogP contribution in [-0.4, -0.2) is 45.9 Å². The number of nitrogens with one attached hydrogen (secondary N) is 1. The molecule has 1 aromatic heterocycles. The Balaban J connectivity index is 1.87. The van der Waals surface area contributed by atoms with Crippen molar-refractivity contribution in [1.82, 2.24) is 15.4 Å². The van der Waals surface area contributed by atoms with Crippen LogP contribution in [0.3, 0.4) is 0 Å². The van der Waals surface area contributed by atoms with Gasteiger partial charge >= 0.3 is 12.0 Å². The van der Waals surface area contributed by atoms with E-state index in [1.54, 1.807) is 11.0 Å². The highest BCUT2D eigenvalue weighted by molar-refractivity contribution is 5.76. The van der Waals surface area contributed by atoms with Crippen molar-refractivity contribution < 1.29 is 32.7 Å². The SMILES string of the molecule is CCCCCCCN(CCCCc1cc(COC(C)(C)C(=O)O)on1)C(=O)NC1=C(F)C=C(F)C=CC1. The molecule has 8 nitrogen and oxygen atoms in total. The summed E-state index contributed by atoms with van der Waals surface area (Å²) >= 11 is 0. The predicted octanol–water partition coefficient (Wildman–Crippen LogP) is 6.35. The lowest BCUT2D eigenvalue weighted by Crippen LogP contribution is -2.41. The van der Waals surface area contributed by atoms with E-state index in [4.69, 9.17) is 14.4 Å². The first-order valence-electron chi connectivity index (χ1n) is 12.9. The molecule has 1 aromatic rings. The Kier molecular flexibility index (Phi) is 12.5. The molecule has 1 aliphatic rings. The number of urea groups is 1. The third kappa shape index (κ3) is 10.9. The minimum absolute atomic E-state index is 0.00102. The molecular weight excluding hydrogens is 484 g/mol. The maximum absolute atomic E-state index is 14.3. The minimum atomic E-state index is -1.33. The Bertz CT molecular complexity index is 984. The number of aliphatic carboxylic acids is 1. The first-order chi connectivity index (χ1) is 17.6. The van der Waals surface area contributed by atoms with Gasteiger partial charge in [0.25, 0.3) is 0 Å². The van der Waals surface area contributed by atoms with Gasteiger partial charge in [0.05, 0.1) is 11.4 Å².